The molecule has 3 nitrogen and oxygen atoms in total. The number of ether oxygens (including phenoxy) is 1. The van der Waals surface area contributed by atoms with E-state index < -0.39 is 0 Å². The molecule has 1 aromatic carbocycles. The van der Waals surface area contributed by atoms with Gasteiger partial charge in [0, 0.05) is 0 Å². The average molecular weight is 460 g/mol. The third kappa shape index (κ3) is 17.7. The van der Waals surface area contributed by atoms with Crippen LogP contribution in [0.25, 0.3) is 0 Å². The van der Waals surface area contributed by atoms with Crippen molar-refractivity contribution in [3.8, 4) is 0 Å². The molecule has 0 heterocycles. The van der Waals surface area contributed by atoms with Crippen LogP contribution in [0.2, 0.25) is 0 Å². The summed E-state index contributed by atoms with van der Waals surface area (Å²) in [6, 6.07) is 10.0. The Hall–Kier alpha value is -1.35. The van der Waals surface area contributed by atoms with Gasteiger partial charge < -0.3 is 10.1 Å². The summed E-state index contributed by atoms with van der Waals surface area (Å²) < 4.78 is 5.64. The van der Waals surface area contributed by atoms with E-state index >= 15 is 0 Å². The molecule has 0 amide bonds. The van der Waals surface area contributed by atoms with Crippen molar-refractivity contribution < 1.29 is 9.53 Å². The normalized spacial score (nSPS) is 12.1. The first-order valence-electron chi connectivity index (χ1n) is 14.2. The second-order valence-electron chi connectivity index (χ2n) is 9.67. The zero-order valence-corrected chi connectivity index (χ0v) is 21.9. The Labute approximate surface area is 205 Å². The van der Waals surface area contributed by atoms with Gasteiger partial charge in [-0.25, -0.2) is 0 Å². The molecule has 0 spiro atoms. The largest absolute Gasteiger partial charge is 0.465 e. The van der Waals surface area contributed by atoms with Crippen molar-refractivity contribution in [1.29, 1.82) is 0 Å². The predicted octanol–water partition coefficient (Wildman–Crippen LogP) is 8.40. The first-order chi connectivity index (χ1) is 16.3. The van der Waals surface area contributed by atoms with E-state index in [2.05, 4.69) is 31.3 Å². The van der Waals surface area contributed by atoms with Gasteiger partial charge in [-0.1, -0.05) is 140 Å². The molecule has 0 unspecified atom stereocenters. The van der Waals surface area contributed by atoms with Gasteiger partial charge in [0.1, 0.15) is 6.04 Å². The number of carbonyl (C=O) groups excluding carboxylic acids is 1. The molecular formula is C30H53NO2. The van der Waals surface area contributed by atoms with E-state index in [0.29, 0.717) is 13.0 Å². The Balaban J connectivity index is 2.05. The van der Waals surface area contributed by atoms with Crippen LogP contribution < -0.4 is 5.32 Å². The van der Waals surface area contributed by atoms with Crippen molar-refractivity contribution in [1.82, 2.24) is 5.32 Å². The van der Waals surface area contributed by atoms with Crippen LogP contribution in [0.3, 0.4) is 0 Å². The molecule has 3 heteroatoms. The minimum absolute atomic E-state index is 0.0926. The van der Waals surface area contributed by atoms with Gasteiger partial charge >= 0.3 is 5.97 Å². The molecule has 0 radical (unpaired) electrons. The molecule has 0 aromatic heterocycles. The molecule has 1 atom stereocenters. The lowest BCUT2D eigenvalue weighted by molar-refractivity contribution is -0.146. The minimum Gasteiger partial charge on any atom is -0.465 e. The molecule has 190 valence electrons. The Bertz CT molecular complexity index is 545. The van der Waals surface area contributed by atoms with Crippen LogP contribution in [0.4, 0.5) is 0 Å². The molecule has 1 aromatic rings. The highest BCUT2D eigenvalue weighted by Gasteiger charge is 2.19. The lowest BCUT2D eigenvalue weighted by Gasteiger charge is -2.18. The lowest BCUT2D eigenvalue weighted by atomic mass is 10.0. The van der Waals surface area contributed by atoms with E-state index in [-0.39, 0.29) is 12.0 Å². The summed E-state index contributed by atoms with van der Waals surface area (Å²) in [5.41, 5.74) is 1.18. The third-order valence-corrected chi connectivity index (χ3v) is 6.48. The van der Waals surface area contributed by atoms with Gasteiger partial charge in [-0.2, -0.15) is 0 Å². The van der Waals surface area contributed by atoms with Crippen molar-refractivity contribution in [3.63, 3.8) is 0 Å². The predicted molar refractivity (Wildman–Crippen MR) is 143 cm³/mol. The standard InChI is InChI=1S/C30H53NO2/c1-3-5-7-8-9-10-11-12-13-14-15-16-17-22-26-33-30(32)29(31-25-21-6-4-2)27-28-23-19-18-20-24-28/h18-20,23-24,29,31H,3-17,21-22,25-27H2,1-2H3/t29-/m0/s1. The van der Waals surface area contributed by atoms with Crippen LogP contribution >= 0.6 is 0 Å². The summed E-state index contributed by atoms with van der Waals surface area (Å²) in [6.45, 7) is 5.91. The number of nitrogens with one attached hydrogen (secondary N) is 1. The Morgan fingerprint density at radius 1 is 0.697 bits per heavy atom. The zero-order valence-electron chi connectivity index (χ0n) is 21.9. The summed E-state index contributed by atoms with van der Waals surface area (Å²) in [5.74, 6) is -0.0926. The minimum atomic E-state index is -0.240. The van der Waals surface area contributed by atoms with E-state index in [1.54, 1.807) is 0 Å². The molecular weight excluding hydrogens is 406 g/mol. The van der Waals surface area contributed by atoms with Crippen LogP contribution in [0, 0.1) is 0 Å². The van der Waals surface area contributed by atoms with Gasteiger partial charge in [-0.15, -0.1) is 0 Å². The summed E-state index contributed by atoms with van der Waals surface area (Å²) >= 11 is 0. The number of esters is 1. The van der Waals surface area contributed by atoms with Gasteiger partial charge in [-0.3, -0.25) is 4.79 Å². The van der Waals surface area contributed by atoms with Crippen molar-refractivity contribution in [3.05, 3.63) is 35.9 Å². The molecule has 1 rings (SSSR count). The zero-order chi connectivity index (χ0) is 23.8. The highest BCUT2D eigenvalue weighted by Crippen LogP contribution is 2.13. The summed E-state index contributed by atoms with van der Waals surface area (Å²) in [6.07, 6.45) is 22.9. The molecule has 0 aliphatic rings. The van der Waals surface area contributed by atoms with Crippen molar-refractivity contribution >= 4 is 5.97 Å². The van der Waals surface area contributed by atoms with Crippen LogP contribution in [0.5, 0.6) is 0 Å². The van der Waals surface area contributed by atoms with Crippen LogP contribution in [-0.2, 0) is 16.0 Å². The molecule has 0 bridgehead atoms. The van der Waals surface area contributed by atoms with Crippen molar-refractivity contribution in [2.24, 2.45) is 0 Å². The van der Waals surface area contributed by atoms with E-state index in [0.717, 1.165) is 25.8 Å². The van der Waals surface area contributed by atoms with Crippen molar-refractivity contribution in [2.45, 2.75) is 135 Å². The third-order valence-electron chi connectivity index (χ3n) is 6.48. The lowest BCUT2D eigenvalue weighted by Crippen LogP contribution is -2.40. The summed E-state index contributed by atoms with van der Waals surface area (Å²) in [7, 11) is 0. The number of benzene rings is 1. The summed E-state index contributed by atoms with van der Waals surface area (Å²) in [5, 5.41) is 3.43. The highest BCUT2D eigenvalue weighted by molar-refractivity contribution is 5.76. The number of rotatable bonds is 23. The maximum absolute atomic E-state index is 12.7. The van der Waals surface area contributed by atoms with E-state index in [1.165, 1.54) is 95.5 Å². The Kier molecular flexibility index (Phi) is 20.2. The fraction of sp³-hybridized carbons (Fsp3) is 0.767. The smallest absolute Gasteiger partial charge is 0.323 e. The monoisotopic (exact) mass is 459 g/mol. The topological polar surface area (TPSA) is 38.3 Å². The maximum Gasteiger partial charge on any atom is 0.323 e. The summed E-state index contributed by atoms with van der Waals surface area (Å²) in [4.78, 5) is 12.7. The first-order valence-corrected chi connectivity index (χ1v) is 14.2. The molecule has 1 N–H and O–H groups in total. The Morgan fingerprint density at radius 2 is 1.18 bits per heavy atom. The molecule has 33 heavy (non-hydrogen) atoms. The van der Waals surface area contributed by atoms with E-state index in [4.69, 9.17) is 4.74 Å². The van der Waals surface area contributed by atoms with Crippen LogP contribution in [0.1, 0.15) is 129 Å². The van der Waals surface area contributed by atoms with Gasteiger partial charge in [0.15, 0.2) is 0 Å². The molecule has 0 fully saturated rings. The van der Waals surface area contributed by atoms with E-state index in [1.807, 2.05) is 18.2 Å². The fourth-order valence-electron chi connectivity index (χ4n) is 4.31. The number of hydrogen-bond donors (Lipinski definition) is 1. The number of hydrogen-bond acceptors (Lipinski definition) is 3. The number of carbonyl (C=O) groups is 1. The molecule has 0 aliphatic heterocycles. The molecule has 0 saturated heterocycles. The van der Waals surface area contributed by atoms with Crippen LogP contribution in [0.15, 0.2) is 30.3 Å². The number of unbranched alkanes of at least 4 members (excludes halogenated alkanes) is 15. The van der Waals surface area contributed by atoms with Gasteiger partial charge in [-0.05, 0) is 31.4 Å². The second-order valence-corrected chi connectivity index (χ2v) is 9.67. The van der Waals surface area contributed by atoms with Crippen molar-refractivity contribution in [2.75, 3.05) is 13.2 Å². The van der Waals surface area contributed by atoms with Gasteiger partial charge in [0.25, 0.3) is 0 Å². The molecule has 0 aliphatic carbocycles. The Morgan fingerprint density at radius 3 is 1.73 bits per heavy atom. The SMILES string of the molecule is CCCCCCCCCCCCCCCCOC(=O)[C@H](Cc1ccccc1)NCCCCC. The second kappa shape index (κ2) is 22.4. The molecule has 0 saturated carbocycles. The van der Waals surface area contributed by atoms with Crippen LogP contribution in [-0.4, -0.2) is 25.2 Å². The average Bonchev–Trinajstić information content (AvgIpc) is 2.84. The van der Waals surface area contributed by atoms with Gasteiger partial charge in [0.2, 0.25) is 0 Å². The van der Waals surface area contributed by atoms with Gasteiger partial charge in [0.05, 0.1) is 6.61 Å². The highest BCUT2D eigenvalue weighted by atomic mass is 16.5. The van der Waals surface area contributed by atoms with E-state index in [9.17, 15) is 4.79 Å². The quantitative estimate of drug-likeness (QED) is 0.132. The maximum atomic E-state index is 12.7. The first kappa shape index (κ1) is 29.7. The fourth-order valence-corrected chi connectivity index (χ4v) is 4.31.